The summed E-state index contributed by atoms with van der Waals surface area (Å²) in [6.45, 7) is 7.43. The zero-order chi connectivity index (χ0) is 12.0. The molecule has 0 radical (unpaired) electrons. The van der Waals surface area contributed by atoms with E-state index in [-0.39, 0.29) is 12.0 Å². The van der Waals surface area contributed by atoms with Crippen molar-refractivity contribution in [3.63, 3.8) is 0 Å². The number of carbonyl (C=O) groups is 1. The molecule has 2 N–H and O–H groups in total. The fraction of sp³-hybridized carbons (Fsp3) is 0.917. The van der Waals surface area contributed by atoms with Crippen molar-refractivity contribution < 1.29 is 9.53 Å². The van der Waals surface area contributed by atoms with Crippen LogP contribution in [0.25, 0.3) is 0 Å². The number of hydrogen-bond acceptors (Lipinski definition) is 3. The van der Waals surface area contributed by atoms with Gasteiger partial charge in [0, 0.05) is 18.7 Å². The van der Waals surface area contributed by atoms with Gasteiger partial charge in [-0.3, -0.25) is 4.79 Å². The number of rotatable bonds is 6. The van der Waals surface area contributed by atoms with Gasteiger partial charge in [0.1, 0.15) is 0 Å². The van der Waals surface area contributed by atoms with Crippen molar-refractivity contribution in [1.29, 1.82) is 0 Å². The van der Waals surface area contributed by atoms with Crippen LogP contribution in [0.3, 0.4) is 0 Å². The first-order valence-corrected chi connectivity index (χ1v) is 6.31. The second kappa shape index (κ2) is 6.86. The van der Waals surface area contributed by atoms with Crippen LogP contribution in [-0.4, -0.2) is 37.2 Å². The number of carbonyl (C=O) groups excluding carboxylic acids is 1. The first kappa shape index (κ1) is 13.5. The fourth-order valence-corrected chi connectivity index (χ4v) is 2.00. The molecule has 1 aliphatic heterocycles. The molecule has 94 valence electrons. The molecule has 0 aliphatic carbocycles. The number of hydrogen-bond donors (Lipinski definition) is 2. The van der Waals surface area contributed by atoms with Crippen molar-refractivity contribution >= 4 is 5.91 Å². The van der Waals surface area contributed by atoms with Crippen molar-refractivity contribution in [2.75, 3.05) is 13.2 Å². The first-order valence-electron chi connectivity index (χ1n) is 6.31. The number of amides is 1. The van der Waals surface area contributed by atoms with Gasteiger partial charge in [-0.15, -0.1) is 0 Å². The highest BCUT2D eigenvalue weighted by atomic mass is 16.5. The lowest BCUT2D eigenvalue weighted by molar-refractivity contribution is -0.121. The van der Waals surface area contributed by atoms with Gasteiger partial charge in [-0.05, 0) is 26.2 Å². The van der Waals surface area contributed by atoms with Crippen molar-refractivity contribution in [3.8, 4) is 0 Å². The third kappa shape index (κ3) is 4.10. The molecule has 1 fully saturated rings. The second-order valence-electron chi connectivity index (χ2n) is 4.43. The third-order valence-corrected chi connectivity index (χ3v) is 3.25. The van der Waals surface area contributed by atoms with Crippen LogP contribution in [-0.2, 0) is 9.53 Å². The first-order chi connectivity index (χ1) is 7.67. The Labute approximate surface area is 98.1 Å². The van der Waals surface area contributed by atoms with E-state index in [4.69, 9.17) is 4.74 Å². The summed E-state index contributed by atoms with van der Waals surface area (Å²) in [6, 6.07) is 0.638. The molecule has 0 aromatic heterocycles. The quantitative estimate of drug-likeness (QED) is 0.714. The van der Waals surface area contributed by atoms with Crippen LogP contribution in [0.1, 0.15) is 40.0 Å². The van der Waals surface area contributed by atoms with Gasteiger partial charge in [0.15, 0.2) is 0 Å². The molecule has 0 aromatic rings. The van der Waals surface area contributed by atoms with Gasteiger partial charge >= 0.3 is 0 Å². The molecule has 0 bridgehead atoms. The Morgan fingerprint density at radius 1 is 1.44 bits per heavy atom. The minimum Gasteiger partial charge on any atom is -0.377 e. The Kier molecular flexibility index (Phi) is 5.77. The summed E-state index contributed by atoms with van der Waals surface area (Å²) in [7, 11) is 0. The average molecular weight is 228 g/mol. The highest BCUT2D eigenvalue weighted by Crippen LogP contribution is 2.11. The van der Waals surface area contributed by atoms with Crippen LogP contribution < -0.4 is 10.6 Å². The van der Waals surface area contributed by atoms with Crippen molar-refractivity contribution in [3.05, 3.63) is 0 Å². The highest BCUT2D eigenvalue weighted by Gasteiger charge is 2.24. The Balaban J connectivity index is 2.19. The Morgan fingerprint density at radius 3 is 2.62 bits per heavy atom. The van der Waals surface area contributed by atoms with Gasteiger partial charge in [-0.1, -0.05) is 13.8 Å². The zero-order valence-electron chi connectivity index (χ0n) is 10.6. The Bertz CT molecular complexity index is 217. The summed E-state index contributed by atoms with van der Waals surface area (Å²) in [4.78, 5) is 11.6. The molecule has 2 unspecified atom stereocenters. The SMILES string of the molecule is CCC(CC)NC(=O)CNC1CCOC1C. The molecule has 1 rings (SSSR count). The largest absolute Gasteiger partial charge is 0.377 e. The van der Waals surface area contributed by atoms with Crippen LogP contribution in [0.2, 0.25) is 0 Å². The van der Waals surface area contributed by atoms with Gasteiger partial charge in [0.05, 0.1) is 12.6 Å². The standard InChI is InChI=1S/C12H24N2O2/c1-4-10(5-2)14-12(15)8-13-11-6-7-16-9(11)3/h9-11,13H,4-8H2,1-3H3,(H,14,15). The minimum absolute atomic E-state index is 0.0906. The van der Waals surface area contributed by atoms with Gasteiger partial charge in [0.25, 0.3) is 0 Å². The van der Waals surface area contributed by atoms with Crippen molar-refractivity contribution in [2.24, 2.45) is 0 Å². The van der Waals surface area contributed by atoms with E-state index in [1.807, 2.05) is 6.92 Å². The van der Waals surface area contributed by atoms with Gasteiger partial charge < -0.3 is 15.4 Å². The topological polar surface area (TPSA) is 50.4 Å². The molecular weight excluding hydrogens is 204 g/mol. The molecule has 1 amide bonds. The van der Waals surface area contributed by atoms with Crippen molar-refractivity contribution in [1.82, 2.24) is 10.6 Å². The van der Waals surface area contributed by atoms with E-state index in [9.17, 15) is 4.79 Å². The summed E-state index contributed by atoms with van der Waals surface area (Å²) in [6.07, 6.45) is 3.21. The summed E-state index contributed by atoms with van der Waals surface area (Å²) >= 11 is 0. The maximum atomic E-state index is 11.6. The predicted molar refractivity (Wildman–Crippen MR) is 64.3 cm³/mol. The third-order valence-electron chi connectivity index (χ3n) is 3.25. The summed E-state index contributed by atoms with van der Waals surface area (Å²) in [5, 5.41) is 6.26. The van der Waals surface area contributed by atoms with E-state index >= 15 is 0 Å². The second-order valence-corrected chi connectivity index (χ2v) is 4.43. The molecule has 0 saturated carbocycles. The molecule has 16 heavy (non-hydrogen) atoms. The van der Waals surface area contributed by atoms with Gasteiger partial charge in [0.2, 0.25) is 5.91 Å². The molecule has 0 spiro atoms. The number of nitrogens with one attached hydrogen (secondary N) is 2. The summed E-state index contributed by atoms with van der Waals surface area (Å²) in [5.74, 6) is 0.0906. The van der Waals surface area contributed by atoms with E-state index in [1.165, 1.54) is 0 Å². The van der Waals surface area contributed by atoms with E-state index in [2.05, 4.69) is 24.5 Å². The summed E-state index contributed by atoms with van der Waals surface area (Å²) < 4.78 is 5.43. The maximum Gasteiger partial charge on any atom is 0.234 e. The van der Waals surface area contributed by atoms with Crippen LogP contribution >= 0.6 is 0 Å². The Morgan fingerprint density at radius 2 is 2.12 bits per heavy atom. The van der Waals surface area contributed by atoms with Crippen LogP contribution in [0.15, 0.2) is 0 Å². The molecular formula is C12H24N2O2. The van der Waals surface area contributed by atoms with Gasteiger partial charge in [-0.25, -0.2) is 0 Å². The lowest BCUT2D eigenvalue weighted by Crippen LogP contribution is -2.44. The van der Waals surface area contributed by atoms with Crippen LogP contribution in [0.5, 0.6) is 0 Å². The fourth-order valence-electron chi connectivity index (χ4n) is 2.00. The average Bonchev–Trinajstić information content (AvgIpc) is 2.69. The molecule has 1 saturated heterocycles. The molecule has 2 atom stereocenters. The van der Waals surface area contributed by atoms with Gasteiger partial charge in [-0.2, -0.15) is 0 Å². The lowest BCUT2D eigenvalue weighted by atomic mass is 10.1. The maximum absolute atomic E-state index is 11.6. The Hall–Kier alpha value is -0.610. The van der Waals surface area contributed by atoms with Crippen LogP contribution in [0.4, 0.5) is 0 Å². The molecule has 4 heteroatoms. The highest BCUT2D eigenvalue weighted by molar-refractivity contribution is 5.78. The van der Waals surface area contributed by atoms with E-state index in [0.717, 1.165) is 25.9 Å². The smallest absolute Gasteiger partial charge is 0.234 e. The number of ether oxygens (including phenoxy) is 1. The zero-order valence-corrected chi connectivity index (χ0v) is 10.6. The van der Waals surface area contributed by atoms with Crippen LogP contribution in [0, 0.1) is 0 Å². The molecule has 4 nitrogen and oxygen atoms in total. The lowest BCUT2D eigenvalue weighted by Gasteiger charge is -2.18. The normalized spacial score (nSPS) is 25.0. The van der Waals surface area contributed by atoms with E-state index in [1.54, 1.807) is 0 Å². The molecule has 1 heterocycles. The summed E-state index contributed by atoms with van der Waals surface area (Å²) in [5.41, 5.74) is 0. The van der Waals surface area contributed by atoms with E-state index in [0.29, 0.717) is 18.6 Å². The minimum atomic E-state index is 0.0906. The predicted octanol–water partition coefficient (Wildman–Crippen LogP) is 1.06. The van der Waals surface area contributed by atoms with E-state index < -0.39 is 0 Å². The van der Waals surface area contributed by atoms with Crippen molar-refractivity contribution in [2.45, 2.75) is 58.2 Å². The molecule has 0 aromatic carbocycles. The molecule has 1 aliphatic rings. The monoisotopic (exact) mass is 228 g/mol.